The summed E-state index contributed by atoms with van der Waals surface area (Å²) in [4.78, 5) is 12.3. The smallest absolute Gasteiger partial charge is 0.293 e. The third-order valence-corrected chi connectivity index (χ3v) is 5.10. The van der Waals surface area contributed by atoms with Gasteiger partial charge >= 0.3 is 0 Å². The second-order valence-electron chi connectivity index (χ2n) is 6.05. The molecule has 136 valence electrons. The van der Waals surface area contributed by atoms with Crippen molar-refractivity contribution in [2.75, 3.05) is 11.9 Å². The van der Waals surface area contributed by atoms with Crippen LogP contribution in [0, 0.1) is 17.0 Å². The zero-order chi connectivity index (χ0) is 18.8. The minimum absolute atomic E-state index is 0.140. The average Bonchev–Trinajstić information content (AvgIpc) is 2.90. The fourth-order valence-electron chi connectivity index (χ4n) is 2.41. The molecule has 0 saturated carbocycles. The Bertz CT molecular complexity index is 874. The van der Waals surface area contributed by atoms with Gasteiger partial charge < -0.3 is 9.32 Å². The molecule has 0 aliphatic heterocycles. The summed E-state index contributed by atoms with van der Waals surface area (Å²) in [6.07, 6.45) is 0. The first-order valence-corrected chi connectivity index (χ1v) is 9.15. The van der Waals surface area contributed by atoms with Gasteiger partial charge in [0.05, 0.1) is 16.4 Å². The summed E-state index contributed by atoms with van der Waals surface area (Å²) in [5.41, 5.74) is 0.0277. The Morgan fingerprint density at radius 2 is 1.96 bits per heavy atom. The number of hydrogen-bond acceptors (Lipinski definition) is 6. The number of nitrogens with zero attached hydrogens (tertiary/aromatic N) is 2. The van der Waals surface area contributed by atoms with E-state index in [2.05, 4.69) is 4.72 Å². The van der Waals surface area contributed by atoms with Crippen molar-refractivity contribution in [3.8, 4) is 0 Å². The maximum atomic E-state index is 12.2. The van der Waals surface area contributed by atoms with Gasteiger partial charge in [0, 0.05) is 19.2 Å². The lowest BCUT2D eigenvalue weighted by Gasteiger charge is -2.18. The van der Waals surface area contributed by atoms with Crippen molar-refractivity contribution < 1.29 is 17.8 Å². The van der Waals surface area contributed by atoms with E-state index in [9.17, 15) is 18.5 Å². The Hall–Kier alpha value is -2.39. The maximum absolute atomic E-state index is 12.2. The highest BCUT2D eigenvalue weighted by molar-refractivity contribution is 7.89. The first kappa shape index (κ1) is 18.9. The van der Waals surface area contributed by atoms with Gasteiger partial charge in [-0.05, 0) is 45.0 Å². The summed E-state index contributed by atoms with van der Waals surface area (Å²) in [6.45, 7) is 5.50. The van der Waals surface area contributed by atoms with Crippen LogP contribution >= 0.6 is 0 Å². The van der Waals surface area contributed by atoms with E-state index in [1.807, 2.05) is 13.0 Å². The SMILES string of the molecule is Cc1ccc(CN(C)c2ccc(S(=O)(=O)NC(C)C)cc2[N+](=O)[O-])o1. The van der Waals surface area contributed by atoms with Crippen LogP contribution in [0.4, 0.5) is 11.4 Å². The molecule has 0 unspecified atom stereocenters. The number of nitro groups is 1. The molecule has 1 aromatic heterocycles. The zero-order valence-corrected chi connectivity index (χ0v) is 15.3. The van der Waals surface area contributed by atoms with Crippen molar-refractivity contribution >= 4 is 21.4 Å². The zero-order valence-electron chi connectivity index (χ0n) is 14.5. The molecule has 0 aliphatic rings. The molecule has 0 fully saturated rings. The summed E-state index contributed by atoms with van der Waals surface area (Å²) in [7, 11) is -2.12. The highest BCUT2D eigenvalue weighted by atomic mass is 32.2. The number of rotatable bonds is 7. The topological polar surface area (TPSA) is 106 Å². The Morgan fingerprint density at radius 1 is 1.28 bits per heavy atom. The van der Waals surface area contributed by atoms with Gasteiger partial charge in [-0.1, -0.05) is 0 Å². The molecule has 2 rings (SSSR count). The number of furan rings is 1. The number of nitrogens with one attached hydrogen (secondary N) is 1. The molecule has 1 heterocycles. The molecule has 0 amide bonds. The van der Waals surface area contributed by atoms with E-state index in [4.69, 9.17) is 4.42 Å². The van der Waals surface area contributed by atoms with Gasteiger partial charge in [0.15, 0.2) is 0 Å². The van der Waals surface area contributed by atoms with Crippen LogP contribution in [0.15, 0.2) is 39.6 Å². The molecule has 0 atom stereocenters. The van der Waals surface area contributed by atoms with Gasteiger partial charge in [-0.25, -0.2) is 13.1 Å². The van der Waals surface area contributed by atoms with Gasteiger partial charge in [0.2, 0.25) is 10.0 Å². The maximum Gasteiger partial charge on any atom is 0.293 e. The van der Waals surface area contributed by atoms with Crippen LogP contribution in [0.1, 0.15) is 25.4 Å². The molecule has 0 aliphatic carbocycles. The van der Waals surface area contributed by atoms with Crippen LogP contribution in [-0.4, -0.2) is 26.4 Å². The quantitative estimate of drug-likeness (QED) is 0.596. The van der Waals surface area contributed by atoms with Crippen LogP contribution < -0.4 is 9.62 Å². The lowest BCUT2D eigenvalue weighted by Crippen LogP contribution is -2.30. The molecule has 0 saturated heterocycles. The van der Waals surface area contributed by atoms with E-state index in [1.165, 1.54) is 12.1 Å². The molecule has 1 N–H and O–H groups in total. The van der Waals surface area contributed by atoms with Crippen molar-refractivity contribution in [1.29, 1.82) is 0 Å². The highest BCUT2D eigenvalue weighted by Crippen LogP contribution is 2.31. The Labute approximate surface area is 146 Å². The average molecular weight is 367 g/mol. The number of aryl methyl sites for hydroxylation is 1. The molecular weight excluding hydrogens is 346 g/mol. The summed E-state index contributed by atoms with van der Waals surface area (Å²) in [5, 5.41) is 11.4. The molecule has 25 heavy (non-hydrogen) atoms. The van der Waals surface area contributed by atoms with Gasteiger partial charge in [-0.2, -0.15) is 0 Å². The summed E-state index contributed by atoms with van der Waals surface area (Å²) < 4.78 is 32.4. The second-order valence-corrected chi connectivity index (χ2v) is 7.77. The molecule has 9 heteroatoms. The van der Waals surface area contributed by atoms with Crippen molar-refractivity contribution in [2.45, 2.75) is 38.3 Å². The van der Waals surface area contributed by atoms with E-state index < -0.39 is 14.9 Å². The van der Waals surface area contributed by atoms with Crippen molar-refractivity contribution in [2.24, 2.45) is 0 Å². The van der Waals surface area contributed by atoms with Gasteiger partial charge in [-0.3, -0.25) is 10.1 Å². The molecule has 2 aromatic rings. The van der Waals surface area contributed by atoms with Crippen molar-refractivity contribution in [3.63, 3.8) is 0 Å². The van der Waals surface area contributed by atoms with Crippen LogP contribution in [0.3, 0.4) is 0 Å². The molecular formula is C16H21N3O5S. The fourth-order valence-corrected chi connectivity index (χ4v) is 3.68. The van der Waals surface area contributed by atoms with E-state index in [0.29, 0.717) is 18.0 Å². The first-order valence-electron chi connectivity index (χ1n) is 7.67. The molecule has 1 aromatic carbocycles. The van der Waals surface area contributed by atoms with Gasteiger partial charge in [0.25, 0.3) is 5.69 Å². The largest absolute Gasteiger partial charge is 0.464 e. The van der Waals surface area contributed by atoms with Crippen LogP contribution in [0.5, 0.6) is 0 Å². The number of nitro benzene ring substituents is 1. The fraction of sp³-hybridized carbons (Fsp3) is 0.375. The summed E-state index contributed by atoms with van der Waals surface area (Å²) in [6, 6.07) is 7.16. The summed E-state index contributed by atoms with van der Waals surface area (Å²) in [5.74, 6) is 1.41. The molecule has 0 spiro atoms. The molecule has 0 radical (unpaired) electrons. The normalized spacial score (nSPS) is 11.7. The Morgan fingerprint density at radius 3 is 2.48 bits per heavy atom. The number of benzene rings is 1. The first-order chi connectivity index (χ1) is 11.6. The Balaban J connectivity index is 2.37. The van der Waals surface area contributed by atoms with Crippen LogP contribution in [0.2, 0.25) is 0 Å². The minimum Gasteiger partial charge on any atom is -0.464 e. The predicted octanol–water partition coefficient (Wildman–Crippen LogP) is 2.82. The lowest BCUT2D eigenvalue weighted by atomic mass is 10.2. The lowest BCUT2D eigenvalue weighted by molar-refractivity contribution is -0.384. The number of sulfonamides is 1. The van der Waals surface area contributed by atoms with Crippen molar-refractivity contribution in [3.05, 3.63) is 52.0 Å². The monoisotopic (exact) mass is 367 g/mol. The standard InChI is InChI=1S/C16H21N3O5S/c1-11(2)17-25(22,23)14-7-8-15(16(9-14)19(20)21)18(4)10-13-6-5-12(3)24-13/h5-9,11,17H,10H2,1-4H3. The third-order valence-electron chi connectivity index (χ3n) is 3.44. The van der Waals surface area contributed by atoms with E-state index >= 15 is 0 Å². The van der Waals surface area contributed by atoms with E-state index in [0.717, 1.165) is 11.8 Å². The molecule has 8 nitrogen and oxygen atoms in total. The second kappa shape index (κ2) is 7.24. The number of hydrogen-bond donors (Lipinski definition) is 1. The van der Waals surface area contributed by atoms with Crippen molar-refractivity contribution in [1.82, 2.24) is 4.72 Å². The molecule has 0 bridgehead atoms. The number of anilines is 1. The van der Waals surface area contributed by atoms with E-state index in [-0.39, 0.29) is 16.6 Å². The third kappa shape index (κ3) is 4.58. The summed E-state index contributed by atoms with van der Waals surface area (Å²) >= 11 is 0. The van der Waals surface area contributed by atoms with Crippen LogP contribution in [0.25, 0.3) is 0 Å². The van der Waals surface area contributed by atoms with Crippen LogP contribution in [-0.2, 0) is 16.6 Å². The van der Waals surface area contributed by atoms with Gasteiger partial charge in [0.1, 0.15) is 17.2 Å². The minimum atomic E-state index is -3.81. The Kier molecular flexibility index (Phi) is 5.48. The van der Waals surface area contributed by atoms with Gasteiger partial charge in [-0.15, -0.1) is 0 Å². The van der Waals surface area contributed by atoms with E-state index in [1.54, 1.807) is 31.9 Å². The predicted molar refractivity (Wildman–Crippen MR) is 94.1 cm³/mol. The highest BCUT2D eigenvalue weighted by Gasteiger charge is 2.24.